The highest BCUT2D eigenvalue weighted by molar-refractivity contribution is 5.50. The van der Waals surface area contributed by atoms with Crippen LogP contribution in [0, 0.1) is 17.2 Å². The van der Waals surface area contributed by atoms with Crippen molar-refractivity contribution in [1.29, 1.82) is 5.26 Å². The maximum atomic E-state index is 8.92. The molecule has 2 rings (SSSR count). The lowest BCUT2D eigenvalue weighted by atomic mass is 10.1. The summed E-state index contributed by atoms with van der Waals surface area (Å²) in [6.07, 6.45) is 2.20. The number of benzene rings is 1. The average molecular weight is 187 g/mol. The third-order valence-corrected chi connectivity index (χ3v) is 2.78. The van der Waals surface area contributed by atoms with Crippen molar-refractivity contribution < 1.29 is 4.74 Å². The van der Waals surface area contributed by atoms with E-state index in [1.54, 1.807) is 7.11 Å². The Bertz CT molecular complexity index is 404. The minimum absolute atomic E-state index is 0.653. The highest BCUT2D eigenvalue weighted by Crippen LogP contribution is 2.31. The van der Waals surface area contributed by atoms with Gasteiger partial charge in [0.25, 0.3) is 0 Å². The number of methoxy groups -OCH3 is 1. The third kappa shape index (κ3) is 1.35. The highest BCUT2D eigenvalue weighted by atomic mass is 16.5. The van der Waals surface area contributed by atoms with E-state index < -0.39 is 0 Å². The summed E-state index contributed by atoms with van der Waals surface area (Å²) in [6, 6.07) is 6.15. The van der Waals surface area contributed by atoms with Crippen LogP contribution in [0.3, 0.4) is 0 Å². The van der Waals surface area contributed by atoms with Crippen molar-refractivity contribution in [1.82, 2.24) is 0 Å². The van der Waals surface area contributed by atoms with Crippen LogP contribution < -0.4 is 4.74 Å². The molecule has 0 aromatic heterocycles. The molecule has 1 atom stereocenters. The first-order valence-corrected chi connectivity index (χ1v) is 4.84. The average Bonchev–Trinajstić information content (AvgIpc) is 2.54. The molecule has 0 spiro atoms. The molecule has 1 aromatic carbocycles. The van der Waals surface area contributed by atoms with Gasteiger partial charge in [0, 0.05) is 0 Å². The van der Waals surface area contributed by atoms with Gasteiger partial charge in [-0.25, -0.2) is 0 Å². The van der Waals surface area contributed by atoms with Gasteiger partial charge in [0.05, 0.1) is 12.7 Å². The summed E-state index contributed by atoms with van der Waals surface area (Å²) in [5.74, 6) is 1.41. The Morgan fingerprint density at radius 3 is 2.57 bits per heavy atom. The van der Waals surface area contributed by atoms with Gasteiger partial charge in [-0.05, 0) is 42.0 Å². The smallest absolute Gasteiger partial charge is 0.136 e. The van der Waals surface area contributed by atoms with Crippen LogP contribution in [0.15, 0.2) is 12.1 Å². The molecule has 14 heavy (non-hydrogen) atoms. The minimum atomic E-state index is 0.653. The van der Waals surface area contributed by atoms with E-state index in [2.05, 4.69) is 13.0 Å². The van der Waals surface area contributed by atoms with Crippen LogP contribution in [-0.4, -0.2) is 7.11 Å². The summed E-state index contributed by atoms with van der Waals surface area (Å²) in [6.45, 7) is 2.23. The molecular formula is C12H13NO. The fourth-order valence-corrected chi connectivity index (χ4v) is 2.13. The fraction of sp³-hybridized carbons (Fsp3) is 0.417. The maximum Gasteiger partial charge on any atom is 0.136 e. The Morgan fingerprint density at radius 1 is 1.36 bits per heavy atom. The van der Waals surface area contributed by atoms with Crippen LogP contribution in [0.2, 0.25) is 0 Å². The molecule has 0 saturated carbocycles. The maximum absolute atomic E-state index is 8.92. The van der Waals surface area contributed by atoms with Crippen molar-refractivity contribution in [3.05, 3.63) is 28.8 Å². The van der Waals surface area contributed by atoms with E-state index in [0.717, 1.165) is 12.8 Å². The van der Waals surface area contributed by atoms with Crippen molar-refractivity contribution in [2.45, 2.75) is 19.8 Å². The number of nitrogens with zero attached hydrogens (tertiary/aromatic N) is 1. The van der Waals surface area contributed by atoms with Crippen LogP contribution in [0.25, 0.3) is 0 Å². The first kappa shape index (κ1) is 9.08. The predicted octanol–water partition coefficient (Wildman–Crippen LogP) is 2.30. The van der Waals surface area contributed by atoms with Gasteiger partial charge in [-0.3, -0.25) is 0 Å². The molecular weight excluding hydrogens is 174 g/mol. The summed E-state index contributed by atoms with van der Waals surface area (Å²) in [7, 11) is 1.61. The Kier molecular flexibility index (Phi) is 2.17. The lowest BCUT2D eigenvalue weighted by molar-refractivity contribution is 0.413. The minimum Gasteiger partial charge on any atom is -0.495 e. The molecule has 0 aliphatic heterocycles. The van der Waals surface area contributed by atoms with E-state index in [1.807, 2.05) is 12.1 Å². The molecule has 0 bridgehead atoms. The Hall–Kier alpha value is -1.49. The number of hydrogen-bond acceptors (Lipinski definition) is 2. The van der Waals surface area contributed by atoms with Crippen molar-refractivity contribution in [3.63, 3.8) is 0 Å². The van der Waals surface area contributed by atoms with E-state index in [-0.39, 0.29) is 0 Å². The van der Waals surface area contributed by atoms with Crippen LogP contribution in [0.1, 0.15) is 23.6 Å². The van der Waals surface area contributed by atoms with E-state index in [9.17, 15) is 0 Å². The normalized spacial score (nSPS) is 18.8. The van der Waals surface area contributed by atoms with Crippen molar-refractivity contribution in [2.75, 3.05) is 7.11 Å². The largest absolute Gasteiger partial charge is 0.495 e. The second kappa shape index (κ2) is 3.34. The molecule has 1 unspecified atom stereocenters. The van der Waals surface area contributed by atoms with E-state index in [4.69, 9.17) is 10.00 Å². The molecule has 1 aliphatic carbocycles. The molecule has 0 saturated heterocycles. The second-order valence-electron chi connectivity index (χ2n) is 3.95. The quantitative estimate of drug-likeness (QED) is 0.675. The third-order valence-electron chi connectivity index (χ3n) is 2.78. The number of hydrogen-bond donors (Lipinski definition) is 0. The number of nitriles is 1. The van der Waals surface area contributed by atoms with Crippen LogP contribution >= 0.6 is 0 Å². The lowest BCUT2D eigenvalue weighted by Gasteiger charge is -2.05. The van der Waals surface area contributed by atoms with E-state index in [1.165, 1.54) is 11.1 Å². The lowest BCUT2D eigenvalue weighted by Crippen LogP contribution is -1.91. The molecule has 72 valence electrons. The first-order valence-electron chi connectivity index (χ1n) is 4.84. The number of ether oxygens (including phenoxy) is 1. The predicted molar refractivity (Wildman–Crippen MR) is 54.3 cm³/mol. The molecule has 0 radical (unpaired) electrons. The highest BCUT2D eigenvalue weighted by Gasteiger charge is 2.20. The standard InChI is InChI=1S/C12H13NO/c1-8-3-9-5-11(7-13)12(14-2)6-10(9)4-8/h5-6,8H,3-4H2,1-2H3. The van der Waals surface area contributed by atoms with Crippen molar-refractivity contribution >= 4 is 0 Å². The summed E-state index contributed by atoms with van der Waals surface area (Å²) < 4.78 is 5.17. The SMILES string of the molecule is COc1cc2c(cc1C#N)CC(C)C2. The van der Waals surface area contributed by atoms with E-state index >= 15 is 0 Å². The monoisotopic (exact) mass is 187 g/mol. The number of fused-ring (bicyclic) bond motifs is 1. The van der Waals surface area contributed by atoms with Crippen LogP contribution in [-0.2, 0) is 12.8 Å². The molecule has 0 heterocycles. The summed E-state index contributed by atoms with van der Waals surface area (Å²) >= 11 is 0. The molecule has 1 aromatic rings. The molecule has 2 heteroatoms. The van der Waals surface area contributed by atoms with Gasteiger partial charge < -0.3 is 4.74 Å². The summed E-state index contributed by atoms with van der Waals surface area (Å²) in [5.41, 5.74) is 3.31. The van der Waals surface area contributed by atoms with Gasteiger partial charge >= 0.3 is 0 Å². The fourth-order valence-electron chi connectivity index (χ4n) is 2.13. The van der Waals surface area contributed by atoms with Gasteiger partial charge in [0.15, 0.2) is 0 Å². The Balaban J connectivity index is 2.50. The van der Waals surface area contributed by atoms with Gasteiger partial charge in [-0.2, -0.15) is 5.26 Å². The van der Waals surface area contributed by atoms with Gasteiger partial charge in [0.1, 0.15) is 11.8 Å². The van der Waals surface area contributed by atoms with Crippen LogP contribution in [0.5, 0.6) is 5.75 Å². The Morgan fingerprint density at radius 2 is 2.00 bits per heavy atom. The van der Waals surface area contributed by atoms with Crippen molar-refractivity contribution in [3.8, 4) is 11.8 Å². The number of rotatable bonds is 1. The first-order chi connectivity index (χ1) is 6.74. The molecule has 2 nitrogen and oxygen atoms in total. The zero-order valence-electron chi connectivity index (χ0n) is 8.50. The van der Waals surface area contributed by atoms with Gasteiger partial charge in [-0.1, -0.05) is 6.92 Å². The molecule has 0 fully saturated rings. The summed E-state index contributed by atoms with van der Waals surface area (Å²) in [5, 5.41) is 8.92. The summed E-state index contributed by atoms with van der Waals surface area (Å²) in [4.78, 5) is 0. The zero-order valence-corrected chi connectivity index (χ0v) is 8.50. The molecule has 0 N–H and O–H groups in total. The van der Waals surface area contributed by atoms with Gasteiger partial charge in [0.2, 0.25) is 0 Å². The van der Waals surface area contributed by atoms with Crippen molar-refractivity contribution in [2.24, 2.45) is 5.92 Å². The van der Waals surface area contributed by atoms with Gasteiger partial charge in [-0.15, -0.1) is 0 Å². The molecule has 0 amide bonds. The second-order valence-corrected chi connectivity index (χ2v) is 3.95. The zero-order chi connectivity index (χ0) is 10.1. The molecule has 1 aliphatic rings. The van der Waals surface area contributed by atoms with E-state index in [0.29, 0.717) is 17.2 Å². The topological polar surface area (TPSA) is 33.0 Å². The Labute approximate surface area is 84.1 Å². The van der Waals surface area contributed by atoms with Crippen LogP contribution in [0.4, 0.5) is 0 Å².